The van der Waals surface area contributed by atoms with Crippen molar-refractivity contribution in [3.05, 3.63) is 16.8 Å². The van der Waals surface area contributed by atoms with E-state index < -0.39 is 0 Å². The van der Waals surface area contributed by atoms with E-state index >= 15 is 0 Å². The molecule has 2 unspecified atom stereocenters. The summed E-state index contributed by atoms with van der Waals surface area (Å²) in [5.41, 5.74) is 1.10. The molecule has 4 heterocycles. The van der Waals surface area contributed by atoms with Crippen molar-refractivity contribution in [1.29, 1.82) is 0 Å². The van der Waals surface area contributed by atoms with Crippen molar-refractivity contribution >= 4 is 22.9 Å². The molecule has 0 aromatic carbocycles. The van der Waals surface area contributed by atoms with Crippen LogP contribution < -0.4 is 4.90 Å². The molecule has 3 aliphatic rings. The summed E-state index contributed by atoms with van der Waals surface area (Å²) >= 11 is 1.67. The predicted molar refractivity (Wildman–Crippen MR) is 90.4 cm³/mol. The number of rotatable bonds is 4. The van der Waals surface area contributed by atoms with Crippen LogP contribution in [-0.2, 0) is 4.79 Å². The number of carbonyl (C=O) groups is 1. The van der Waals surface area contributed by atoms with Gasteiger partial charge in [0.1, 0.15) is 0 Å². The molecule has 3 fully saturated rings. The first kappa shape index (κ1) is 14.7. The Balaban J connectivity index is 1.35. The molecule has 120 valence electrons. The van der Waals surface area contributed by atoms with Crippen LogP contribution in [0.25, 0.3) is 0 Å². The lowest BCUT2D eigenvalue weighted by molar-refractivity contribution is -0.124. The number of hydrogen-bond donors (Lipinski definition) is 0. The Kier molecular flexibility index (Phi) is 4.20. The summed E-state index contributed by atoms with van der Waals surface area (Å²) in [6.07, 6.45) is 3.88. The maximum absolute atomic E-state index is 12.8. The lowest BCUT2D eigenvalue weighted by atomic mass is 9.88. The quantitative estimate of drug-likeness (QED) is 0.851. The third-order valence-electron chi connectivity index (χ3n) is 5.57. The number of thiophene rings is 1. The number of fused-ring (bicyclic) bond motifs is 1. The number of nitrogens with zero attached hydrogens (tertiary/aromatic N) is 3. The third-order valence-corrected chi connectivity index (χ3v) is 6.24. The fraction of sp³-hybridized carbons (Fsp3) is 0.706. The van der Waals surface area contributed by atoms with Gasteiger partial charge in [0.05, 0.1) is 11.6 Å². The molecule has 2 atom stereocenters. The third kappa shape index (κ3) is 2.82. The fourth-order valence-corrected chi connectivity index (χ4v) is 4.92. The van der Waals surface area contributed by atoms with Crippen molar-refractivity contribution in [1.82, 2.24) is 9.80 Å². The van der Waals surface area contributed by atoms with Gasteiger partial charge in [-0.2, -0.15) is 11.3 Å². The summed E-state index contributed by atoms with van der Waals surface area (Å²) in [5, 5.41) is 4.16. The van der Waals surface area contributed by atoms with Crippen molar-refractivity contribution in [3.63, 3.8) is 0 Å². The van der Waals surface area contributed by atoms with Gasteiger partial charge < -0.3 is 14.7 Å². The molecule has 1 aromatic heterocycles. The van der Waals surface area contributed by atoms with E-state index in [0.717, 1.165) is 38.3 Å². The first-order valence-electron chi connectivity index (χ1n) is 8.59. The SMILES string of the molecule is O=C1C2CN(CCN3CCCC3)CC2CCN1c1ccsc1. The standard InChI is InChI=1S/C17H25N3OS/c21-17-16-12-19(9-8-18-5-1-2-6-18)11-14(16)3-7-20(17)15-4-10-22-13-15/h4,10,13-14,16H,1-3,5-9,11-12H2. The Morgan fingerprint density at radius 1 is 1.09 bits per heavy atom. The van der Waals surface area contributed by atoms with Crippen molar-refractivity contribution in [3.8, 4) is 0 Å². The molecule has 3 aliphatic heterocycles. The molecule has 1 amide bonds. The summed E-state index contributed by atoms with van der Waals surface area (Å²) in [7, 11) is 0. The van der Waals surface area contributed by atoms with Gasteiger partial charge in [-0.05, 0) is 49.7 Å². The topological polar surface area (TPSA) is 26.8 Å². The molecule has 1 aromatic rings. The lowest BCUT2D eigenvalue weighted by Crippen LogP contribution is -2.45. The van der Waals surface area contributed by atoms with Gasteiger partial charge in [0.25, 0.3) is 0 Å². The van der Waals surface area contributed by atoms with Crippen LogP contribution in [0.4, 0.5) is 5.69 Å². The zero-order chi connectivity index (χ0) is 14.9. The zero-order valence-electron chi connectivity index (χ0n) is 13.1. The molecule has 0 spiro atoms. The van der Waals surface area contributed by atoms with Crippen LogP contribution in [0.15, 0.2) is 16.8 Å². The van der Waals surface area contributed by atoms with Crippen molar-refractivity contribution in [2.24, 2.45) is 11.8 Å². The van der Waals surface area contributed by atoms with E-state index in [1.807, 2.05) is 4.90 Å². The summed E-state index contributed by atoms with van der Waals surface area (Å²) in [6.45, 7) is 7.86. The summed E-state index contributed by atoms with van der Waals surface area (Å²) in [5.74, 6) is 1.17. The molecule has 0 radical (unpaired) electrons. The summed E-state index contributed by atoms with van der Waals surface area (Å²) in [4.78, 5) is 19.9. The van der Waals surface area contributed by atoms with E-state index in [1.165, 1.54) is 32.5 Å². The second-order valence-electron chi connectivity index (χ2n) is 6.93. The van der Waals surface area contributed by atoms with Crippen molar-refractivity contribution in [2.45, 2.75) is 19.3 Å². The minimum Gasteiger partial charge on any atom is -0.311 e. The number of hydrogen-bond acceptors (Lipinski definition) is 4. The fourth-order valence-electron chi connectivity index (χ4n) is 4.28. The van der Waals surface area contributed by atoms with Gasteiger partial charge in [0.2, 0.25) is 5.91 Å². The number of piperidine rings is 1. The molecule has 0 N–H and O–H groups in total. The van der Waals surface area contributed by atoms with Crippen LogP contribution in [0.3, 0.4) is 0 Å². The molecule has 3 saturated heterocycles. The highest BCUT2D eigenvalue weighted by Gasteiger charge is 2.43. The highest BCUT2D eigenvalue weighted by molar-refractivity contribution is 7.08. The van der Waals surface area contributed by atoms with Crippen LogP contribution in [0, 0.1) is 11.8 Å². The van der Waals surface area contributed by atoms with Crippen LogP contribution >= 0.6 is 11.3 Å². The molecule has 22 heavy (non-hydrogen) atoms. The summed E-state index contributed by atoms with van der Waals surface area (Å²) < 4.78 is 0. The first-order valence-corrected chi connectivity index (χ1v) is 9.54. The number of anilines is 1. The van der Waals surface area contributed by atoms with Gasteiger partial charge in [-0.15, -0.1) is 0 Å². The van der Waals surface area contributed by atoms with E-state index in [0.29, 0.717) is 11.8 Å². The molecule has 4 nitrogen and oxygen atoms in total. The molecule has 0 aliphatic carbocycles. The Labute approximate surface area is 136 Å². The minimum absolute atomic E-state index is 0.229. The predicted octanol–water partition coefficient (Wildman–Crippen LogP) is 2.13. The first-order chi connectivity index (χ1) is 10.8. The second-order valence-corrected chi connectivity index (χ2v) is 7.72. The van der Waals surface area contributed by atoms with E-state index in [9.17, 15) is 4.79 Å². The van der Waals surface area contributed by atoms with Crippen LogP contribution in [0.5, 0.6) is 0 Å². The maximum atomic E-state index is 12.8. The van der Waals surface area contributed by atoms with Crippen molar-refractivity contribution in [2.75, 3.05) is 50.7 Å². The van der Waals surface area contributed by atoms with Crippen LogP contribution in [-0.4, -0.2) is 61.5 Å². The molecule has 0 saturated carbocycles. The molecule has 4 rings (SSSR count). The zero-order valence-corrected chi connectivity index (χ0v) is 13.9. The second kappa shape index (κ2) is 6.30. The monoisotopic (exact) mass is 319 g/mol. The normalized spacial score (nSPS) is 30.2. The Morgan fingerprint density at radius 3 is 2.68 bits per heavy atom. The minimum atomic E-state index is 0.229. The Morgan fingerprint density at radius 2 is 1.91 bits per heavy atom. The Bertz CT molecular complexity index is 512. The smallest absolute Gasteiger partial charge is 0.231 e. The van der Waals surface area contributed by atoms with E-state index in [2.05, 4.69) is 26.6 Å². The number of amides is 1. The van der Waals surface area contributed by atoms with Gasteiger partial charge in [-0.1, -0.05) is 0 Å². The largest absolute Gasteiger partial charge is 0.311 e. The Hall–Kier alpha value is -0.910. The van der Waals surface area contributed by atoms with Crippen LogP contribution in [0.1, 0.15) is 19.3 Å². The molecule has 0 bridgehead atoms. The van der Waals surface area contributed by atoms with E-state index in [-0.39, 0.29) is 5.92 Å². The number of carbonyl (C=O) groups excluding carboxylic acids is 1. The lowest BCUT2D eigenvalue weighted by Gasteiger charge is -2.33. The van der Waals surface area contributed by atoms with E-state index in [4.69, 9.17) is 0 Å². The average Bonchev–Trinajstić information content (AvgIpc) is 3.26. The van der Waals surface area contributed by atoms with Gasteiger partial charge in [-0.25, -0.2) is 0 Å². The van der Waals surface area contributed by atoms with Gasteiger partial charge >= 0.3 is 0 Å². The van der Waals surface area contributed by atoms with Gasteiger partial charge in [-0.3, -0.25) is 4.79 Å². The molecule has 5 heteroatoms. The molecular formula is C17H25N3OS. The average molecular weight is 319 g/mol. The summed E-state index contributed by atoms with van der Waals surface area (Å²) in [6, 6.07) is 2.07. The molecular weight excluding hydrogens is 294 g/mol. The maximum Gasteiger partial charge on any atom is 0.231 e. The van der Waals surface area contributed by atoms with Crippen molar-refractivity contribution < 1.29 is 4.79 Å². The highest BCUT2D eigenvalue weighted by atomic mass is 32.1. The van der Waals surface area contributed by atoms with Gasteiger partial charge in [0, 0.05) is 38.1 Å². The van der Waals surface area contributed by atoms with Crippen LogP contribution in [0.2, 0.25) is 0 Å². The van der Waals surface area contributed by atoms with E-state index in [1.54, 1.807) is 11.3 Å². The highest BCUT2D eigenvalue weighted by Crippen LogP contribution is 2.34. The van der Waals surface area contributed by atoms with Gasteiger partial charge in [0.15, 0.2) is 0 Å². The number of likely N-dealkylation sites (tertiary alicyclic amines) is 2.